The molecule has 0 amide bonds. The van der Waals surface area contributed by atoms with E-state index in [0.717, 1.165) is 4.48 Å². The summed E-state index contributed by atoms with van der Waals surface area (Å²) in [5.74, 6) is 0. The first-order valence-corrected chi connectivity index (χ1v) is 4.32. The standard InChI is InChI=1S/C7H12BrNO2/c1-5(8)2-9-6-3-11-4-7(6)10/h6-7,9-10H,1-4H2. The van der Waals surface area contributed by atoms with E-state index < -0.39 is 0 Å². The summed E-state index contributed by atoms with van der Waals surface area (Å²) in [4.78, 5) is 0. The van der Waals surface area contributed by atoms with Gasteiger partial charge < -0.3 is 15.2 Å². The van der Waals surface area contributed by atoms with Crippen molar-refractivity contribution in [2.45, 2.75) is 12.1 Å². The molecule has 0 aromatic heterocycles. The highest BCUT2D eigenvalue weighted by molar-refractivity contribution is 9.11. The van der Waals surface area contributed by atoms with Crippen LogP contribution in [0.1, 0.15) is 0 Å². The number of aliphatic hydroxyl groups is 1. The molecule has 0 spiro atoms. The predicted molar refractivity (Wildman–Crippen MR) is 46.7 cm³/mol. The summed E-state index contributed by atoms with van der Waals surface area (Å²) < 4.78 is 5.93. The van der Waals surface area contributed by atoms with E-state index >= 15 is 0 Å². The van der Waals surface area contributed by atoms with Gasteiger partial charge in [-0.2, -0.15) is 0 Å². The first-order valence-electron chi connectivity index (χ1n) is 3.52. The Bertz CT molecular complexity index is 151. The molecular weight excluding hydrogens is 210 g/mol. The number of halogens is 1. The smallest absolute Gasteiger partial charge is 0.0948 e. The Morgan fingerprint density at radius 3 is 2.91 bits per heavy atom. The number of rotatable bonds is 3. The highest BCUT2D eigenvalue weighted by Gasteiger charge is 2.25. The monoisotopic (exact) mass is 221 g/mol. The van der Waals surface area contributed by atoms with Crippen molar-refractivity contribution in [3.8, 4) is 0 Å². The molecule has 2 unspecified atom stereocenters. The van der Waals surface area contributed by atoms with Crippen LogP contribution >= 0.6 is 15.9 Å². The fourth-order valence-corrected chi connectivity index (χ4v) is 1.14. The van der Waals surface area contributed by atoms with Crippen molar-refractivity contribution < 1.29 is 9.84 Å². The van der Waals surface area contributed by atoms with Gasteiger partial charge >= 0.3 is 0 Å². The average Bonchev–Trinajstić information content (AvgIpc) is 2.31. The maximum Gasteiger partial charge on any atom is 0.0948 e. The Morgan fingerprint density at radius 1 is 1.73 bits per heavy atom. The Balaban J connectivity index is 2.20. The molecule has 0 aromatic carbocycles. The second-order valence-electron chi connectivity index (χ2n) is 2.61. The van der Waals surface area contributed by atoms with Crippen molar-refractivity contribution in [1.29, 1.82) is 0 Å². The van der Waals surface area contributed by atoms with E-state index in [1.807, 2.05) is 0 Å². The molecule has 0 saturated carbocycles. The predicted octanol–water partition coefficient (Wildman–Crippen LogP) is 0.244. The van der Waals surface area contributed by atoms with Crippen LogP contribution in [0.4, 0.5) is 0 Å². The molecular formula is C7H12BrNO2. The summed E-state index contributed by atoms with van der Waals surface area (Å²) in [7, 11) is 0. The first-order chi connectivity index (χ1) is 5.20. The minimum atomic E-state index is -0.373. The van der Waals surface area contributed by atoms with Crippen LogP contribution in [0.5, 0.6) is 0 Å². The van der Waals surface area contributed by atoms with Crippen LogP contribution < -0.4 is 5.32 Å². The molecule has 64 valence electrons. The van der Waals surface area contributed by atoms with Gasteiger partial charge in [0, 0.05) is 11.0 Å². The van der Waals surface area contributed by atoms with Gasteiger partial charge in [0.15, 0.2) is 0 Å². The third-order valence-electron chi connectivity index (χ3n) is 1.61. The SMILES string of the molecule is C=C(Br)CNC1COCC1O. The van der Waals surface area contributed by atoms with E-state index in [9.17, 15) is 5.11 Å². The second kappa shape index (κ2) is 4.21. The van der Waals surface area contributed by atoms with Crippen molar-refractivity contribution in [2.24, 2.45) is 0 Å². The highest BCUT2D eigenvalue weighted by Crippen LogP contribution is 2.06. The third kappa shape index (κ3) is 2.91. The van der Waals surface area contributed by atoms with Crippen LogP contribution in [0.25, 0.3) is 0 Å². The van der Waals surface area contributed by atoms with Gasteiger partial charge in [0.2, 0.25) is 0 Å². The molecule has 3 nitrogen and oxygen atoms in total. The third-order valence-corrected chi connectivity index (χ3v) is 1.89. The lowest BCUT2D eigenvalue weighted by Gasteiger charge is -2.13. The minimum Gasteiger partial charge on any atom is -0.389 e. The van der Waals surface area contributed by atoms with Gasteiger partial charge in [0.1, 0.15) is 0 Å². The van der Waals surface area contributed by atoms with Crippen LogP contribution in [0.15, 0.2) is 11.1 Å². The lowest BCUT2D eigenvalue weighted by molar-refractivity contribution is 0.122. The first kappa shape index (κ1) is 9.19. The second-order valence-corrected chi connectivity index (χ2v) is 3.73. The van der Waals surface area contributed by atoms with E-state index in [2.05, 4.69) is 27.8 Å². The van der Waals surface area contributed by atoms with Crippen LogP contribution in [-0.4, -0.2) is 37.0 Å². The van der Waals surface area contributed by atoms with Gasteiger partial charge in [-0.15, -0.1) is 0 Å². The maximum absolute atomic E-state index is 9.27. The number of nitrogens with one attached hydrogen (secondary N) is 1. The molecule has 1 rings (SSSR count). The quantitative estimate of drug-likeness (QED) is 0.718. The zero-order valence-electron chi connectivity index (χ0n) is 6.22. The van der Waals surface area contributed by atoms with Crippen LogP contribution in [-0.2, 0) is 4.74 Å². The van der Waals surface area contributed by atoms with Crippen molar-refractivity contribution in [3.05, 3.63) is 11.1 Å². The number of hydrogen-bond donors (Lipinski definition) is 2. The normalized spacial score (nSPS) is 30.7. The number of ether oxygens (including phenoxy) is 1. The zero-order valence-corrected chi connectivity index (χ0v) is 7.80. The van der Waals surface area contributed by atoms with E-state index in [1.54, 1.807) is 0 Å². The Morgan fingerprint density at radius 2 is 2.45 bits per heavy atom. The summed E-state index contributed by atoms with van der Waals surface area (Å²) in [5, 5.41) is 12.4. The molecule has 0 aliphatic carbocycles. The lowest BCUT2D eigenvalue weighted by Crippen LogP contribution is -2.39. The van der Waals surface area contributed by atoms with Gasteiger partial charge in [-0.05, 0) is 0 Å². The van der Waals surface area contributed by atoms with Crippen LogP contribution in [0, 0.1) is 0 Å². The fourth-order valence-electron chi connectivity index (χ4n) is 0.980. The Hall–Kier alpha value is 0.1000. The number of hydrogen-bond acceptors (Lipinski definition) is 3. The number of aliphatic hydroxyl groups excluding tert-OH is 1. The molecule has 1 aliphatic heterocycles. The van der Waals surface area contributed by atoms with E-state index in [1.165, 1.54) is 0 Å². The van der Waals surface area contributed by atoms with E-state index in [4.69, 9.17) is 4.74 Å². The van der Waals surface area contributed by atoms with Gasteiger partial charge in [0.25, 0.3) is 0 Å². The van der Waals surface area contributed by atoms with Gasteiger partial charge in [-0.3, -0.25) is 0 Å². The summed E-state index contributed by atoms with van der Waals surface area (Å²) in [6, 6.07) is 0.0595. The van der Waals surface area contributed by atoms with Crippen molar-refractivity contribution in [1.82, 2.24) is 5.32 Å². The molecule has 1 aliphatic rings. The van der Waals surface area contributed by atoms with Gasteiger partial charge in [0.05, 0.1) is 25.4 Å². The Kier molecular flexibility index (Phi) is 3.51. The molecule has 4 heteroatoms. The zero-order chi connectivity index (χ0) is 8.27. The fraction of sp³-hybridized carbons (Fsp3) is 0.714. The lowest BCUT2D eigenvalue weighted by atomic mass is 10.2. The summed E-state index contributed by atoms with van der Waals surface area (Å²) in [6.07, 6.45) is -0.373. The van der Waals surface area contributed by atoms with E-state index in [-0.39, 0.29) is 12.1 Å². The van der Waals surface area contributed by atoms with Crippen LogP contribution in [0.2, 0.25) is 0 Å². The molecule has 1 saturated heterocycles. The van der Waals surface area contributed by atoms with Gasteiger partial charge in [-0.25, -0.2) is 0 Å². The molecule has 0 bridgehead atoms. The van der Waals surface area contributed by atoms with Crippen molar-refractivity contribution >= 4 is 15.9 Å². The van der Waals surface area contributed by atoms with Crippen LogP contribution in [0.3, 0.4) is 0 Å². The largest absolute Gasteiger partial charge is 0.389 e. The topological polar surface area (TPSA) is 41.5 Å². The molecule has 2 N–H and O–H groups in total. The average molecular weight is 222 g/mol. The van der Waals surface area contributed by atoms with Crippen molar-refractivity contribution in [2.75, 3.05) is 19.8 Å². The molecule has 1 heterocycles. The summed E-state index contributed by atoms with van der Waals surface area (Å²) in [6.45, 7) is 5.37. The molecule has 0 radical (unpaired) electrons. The minimum absolute atomic E-state index is 0.0595. The maximum atomic E-state index is 9.27. The molecule has 11 heavy (non-hydrogen) atoms. The summed E-state index contributed by atoms with van der Waals surface area (Å²) in [5.41, 5.74) is 0. The molecule has 1 fully saturated rings. The van der Waals surface area contributed by atoms with Crippen molar-refractivity contribution in [3.63, 3.8) is 0 Å². The van der Waals surface area contributed by atoms with E-state index in [0.29, 0.717) is 19.8 Å². The highest BCUT2D eigenvalue weighted by atomic mass is 79.9. The van der Waals surface area contributed by atoms with Gasteiger partial charge in [-0.1, -0.05) is 22.5 Å². The molecule has 2 atom stereocenters. The summed E-state index contributed by atoms with van der Waals surface area (Å²) >= 11 is 3.22. The molecule has 0 aromatic rings. The Labute approximate surface area is 74.6 Å².